The predicted molar refractivity (Wildman–Crippen MR) is 68.2 cm³/mol. The van der Waals surface area contributed by atoms with Crippen LogP contribution in [-0.4, -0.2) is 12.1 Å². The Morgan fingerprint density at radius 1 is 1.41 bits per heavy atom. The molecule has 0 radical (unpaired) electrons. The molecule has 0 amide bonds. The van der Waals surface area contributed by atoms with E-state index >= 15 is 0 Å². The maximum Gasteiger partial charge on any atom is 0.129 e. The molecule has 1 aromatic carbocycles. The zero-order valence-electron chi connectivity index (χ0n) is 9.73. The number of hydrogen-bond acceptors (Lipinski definition) is 4. The second-order valence-corrected chi connectivity index (χ2v) is 4.65. The van der Waals surface area contributed by atoms with E-state index in [-0.39, 0.29) is 0 Å². The summed E-state index contributed by atoms with van der Waals surface area (Å²) in [5.41, 5.74) is 1.91. The van der Waals surface area contributed by atoms with E-state index in [0.717, 1.165) is 26.9 Å². The molecule has 17 heavy (non-hydrogen) atoms. The number of hydrogen-bond donors (Lipinski definition) is 0. The number of para-hydroxylation sites is 1. The average Bonchev–Trinajstić information content (AvgIpc) is 2.71. The molecule has 0 spiro atoms. The number of methoxy groups -OCH3 is 1. The molecule has 3 nitrogen and oxygen atoms in total. The van der Waals surface area contributed by atoms with Crippen molar-refractivity contribution in [2.24, 2.45) is 0 Å². The van der Waals surface area contributed by atoms with Gasteiger partial charge in [0, 0.05) is 4.88 Å². The molecule has 2 rings (SSSR count). The SMILES string of the molecule is COc1ccccc1-c1nc(C)c(CC#N)s1. The van der Waals surface area contributed by atoms with E-state index in [1.807, 2.05) is 31.2 Å². The van der Waals surface area contributed by atoms with E-state index in [0.29, 0.717) is 6.42 Å². The van der Waals surface area contributed by atoms with Crippen molar-refractivity contribution < 1.29 is 4.74 Å². The summed E-state index contributed by atoms with van der Waals surface area (Å²) >= 11 is 1.55. The largest absolute Gasteiger partial charge is 0.496 e. The Balaban J connectivity index is 2.47. The molecular formula is C13H12N2OS. The minimum Gasteiger partial charge on any atom is -0.496 e. The fourth-order valence-corrected chi connectivity index (χ4v) is 2.62. The molecule has 0 aliphatic rings. The summed E-state index contributed by atoms with van der Waals surface area (Å²) in [4.78, 5) is 5.52. The first kappa shape index (κ1) is 11.6. The monoisotopic (exact) mass is 244 g/mol. The van der Waals surface area contributed by atoms with Gasteiger partial charge in [-0.15, -0.1) is 11.3 Å². The molecule has 2 aromatic rings. The van der Waals surface area contributed by atoms with E-state index in [2.05, 4.69) is 11.1 Å². The summed E-state index contributed by atoms with van der Waals surface area (Å²) in [5.74, 6) is 0.810. The van der Waals surface area contributed by atoms with Gasteiger partial charge >= 0.3 is 0 Å². The Morgan fingerprint density at radius 2 is 2.18 bits per heavy atom. The molecule has 0 fully saturated rings. The van der Waals surface area contributed by atoms with Crippen LogP contribution < -0.4 is 4.74 Å². The molecule has 0 bridgehead atoms. The summed E-state index contributed by atoms with van der Waals surface area (Å²) < 4.78 is 5.31. The lowest BCUT2D eigenvalue weighted by Gasteiger charge is -2.04. The van der Waals surface area contributed by atoms with Crippen molar-refractivity contribution in [1.29, 1.82) is 5.26 Å². The van der Waals surface area contributed by atoms with Crippen molar-refractivity contribution in [3.8, 4) is 22.4 Å². The average molecular weight is 244 g/mol. The molecule has 1 aromatic heterocycles. The summed E-state index contributed by atoms with van der Waals surface area (Å²) in [6.07, 6.45) is 0.415. The molecule has 0 unspecified atom stereocenters. The highest BCUT2D eigenvalue weighted by Gasteiger charge is 2.12. The number of aromatic nitrogens is 1. The van der Waals surface area contributed by atoms with Gasteiger partial charge in [0.15, 0.2) is 0 Å². The van der Waals surface area contributed by atoms with Crippen molar-refractivity contribution in [2.45, 2.75) is 13.3 Å². The molecule has 1 heterocycles. The summed E-state index contributed by atoms with van der Waals surface area (Å²) in [7, 11) is 1.65. The van der Waals surface area contributed by atoms with Gasteiger partial charge in [-0.1, -0.05) is 12.1 Å². The molecule has 0 N–H and O–H groups in total. The zero-order valence-corrected chi connectivity index (χ0v) is 10.5. The molecule has 0 saturated heterocycles. The summed E-state index contributed by atoms with van der Waals surface area (Å²) in [6, 6.07) is 9.94. The molecule has 0 aliphatic carbocycles. The van der Waals surface area contributed by atoms with Crippen LogP contribution in [0.3, 0.4) is 0 Å². The van der Waals surface area contributed by atoms with Gasteiger partial charge in [0.2, 0.25) is 0 Å². The molecule has 0 aliphatic heterocycles. The number of rotatable bonds is 3. The first-order valence-electron chi connectivity index (χ1n) is 5.23. The van der Waals surface area contributed by atoms with Gasteiger partial charge in [0.25, 0.3) is 0 Å². The van der Waals surface area contributed by atoms with Crippen LogP contribution >= 0.6 is 11.3 Å². The number of benzene rings is 1. The van der Waals surface area contributed by atoms with Crippen molar-refractivity contribution in [1.82, 2.24) is 4.98 Å². The van der Waals surface area contributed by atoms with Crippen LogP contribution in [0.25, 0.3) is 10.6 Å². The number of nitrogens with zero attached hydrogens (tertiary/aromatic N) is 2. The Labute approximate surface area is 104 Å². The lowest BCUT2D eigenvalue weighted by atomic mass is 10.2. The number of aryl methyl sites for hydroxylation is 1. The zero-order chi connectivity index (χ0) is 12.3. The second kappa shape index (κ2) is 4.98. The van der Waals surface area contributed by atoms with Gasteiger partial charge in [0.1, 0.15) is 10.8 Å². The first-order chi connectivity index (χ1) is 8.26. The maximum atomic E-state index is 8.73. The minimum absolute atomic E-state index is 0.415. The van der Waals surface area contributed by atoms with Gasteiger partial charge in [-0.05, 0) is 19.1 Å². The molecule has 0 atom stereocenters. The van der Waals surface area contributed by atoms with Crippen LogP contribution in [0.15, 0.2) is 24.3 Å². The van der Waals surface area contributed by atoms with Crippen molar-refractivity contribution in [3.05, 3.63) is 34.8 Å². The number of thiazole rings is 1. The van der Waals surface area contributed by atoms with Gasteiger partial charge in [0.05, 0.1) is 30.9 Å². The number of ether oxygens (including phenoxy) is 1. The molecule has 4 heteroatoms. The summed E-state index contributed by atoms with van der Waals surface area (Å²) in [6.45, 7) is 1.93. The van der Waals surface area contributed by atoms with Gasteiger partial charge in [-0.2, -0.15) is 5.26 Å². The van der Waals surface area contributed by atoms with Crippen LogP contribution in [-0.2, 0) is 6.42 Å². The Bertz CT molecular complexity index is 569. The van der Waals surface area contributed by atoms with Crippen LogP contribution in [0.5, 0.6) is 5.75 Å². The first-order valence-corrected chi connectivity index (χ1v) is 6.04. The van der Waals surface area contributed by atoms with Gasteiger partial charge < -0.3 is 4.74 Å². The third kappa shape index (κ3) is 2.29. The third-order valence-electron chi connectivity index (χ3n) is 2.47. The third-order valence-corrected chi connectivity index (χ3v) is 3.66. The van der Waals surface area contributed by atoms with Crippen molar-refractivity contribution in [3.63, 3.8) is 0 Å². The standard InChI is InChI=1S/C13H12N2OS/c1-9-12(7-8-14)17-13(15-9)10-5-3-4-6-11(10)16-2/h3-6H,7H2,1-2H3. The minimum atomic E-state index is 0.415. The summed E-state index contributed by atoms with van der Waals surface area (Å²) in [5, 5.41) is 9.64. The van der Waals surface area contributed by atoms with Gasteiger partial charge in [-0.3, -0.25) is 0 Å². The van der Waals surface area contributed by atoms with E-state index in [1.165, 1.54) is 0 Å². The van der Waals surface area contributed by atoms with E-state index in [4.69, 9.17) is 10.00 Å². The smallest absolute Gasteiger partial charge is 0.129 e. The van der Waals surface area contributed by atoms with Crippen molar-refractivity contribution >= 4 is 11.3 Å². The topological polar surface area (TPSA) is 45.9 Å². The van der Waals surface area contributed by atoms with Gasteiger partial charge in [-0.25, -0.2) is 4.98 Å². The van der Waals surface area contributed by atoms with Crippen LogP contribution in [0.4, 0.5) is 0 Å². The fraction of sp³-hybridized carbons (Fsp3) is 0.231. The Kier molecular flexibility index (Phi) is 3.40. The van der Waals surface area contributed by atoms with Crippen LogP contribution in [0.1, 0.15) is 10.6 Å². The van der Waals surface area contributed by atoms with Crippen LogP contribution in [0, 0.1) is 18.3 Å². The Morgan fingerprint density at radius 3 is 2.88 bits per heavy atom. The van der Waals surface area contributed by atoms with E-state index < -0.39 is 0 Å². The quantitative estimate of drug-likeness (QED) is 0.833. The molecular weight excluding hydrogens is 232 g/mol. The predicted octanol–water partition coefficient (Wildman–Crippen LogP) is 3.19. The number of nitriles is 1. The lowest BCUT2D eigenvalue weighted by molar-refractivity contribution is 0.416. The highest BCUT2D eigenvalue weighted by Crippen LogP contribution is 2.34. The Hall–Kier alpha value is -1.86. The van der Waals surface area contributed by atoms with Crippen LogP contribution in [0.2, 0.25) is 0 Å². The van der Waals surface area contributed by atoms with E-state index in [9.17, 15) is 0 Å². The molecule has 0 saturated carbocycles. The maximum absolute atomic E-state index is 8.73. The highest BCUT2D eigenvalue weighted by molar-refractivity contribution is 7.15. The fourth-order valence-electron chi connectivity index (χ4n) is 1.60. The molecule has 86 valence electrons. The van der Waals surface area contributed by atoms with E-state index in [1.54, 1.807) is 18.4 Å². The van der Waals surface area contributed by atoms with Crippen molar-refractivity contribution in [2.75, 3.05) is 7.11 Å². The highest BCUT2D eigenvalue weighted by atomic mass is 32.1. The lowest BCUT2D eigenvalue weighted by Crippen LogP contribution is -1.86. The normalized spacial score (nSPS) is 9.94. The second-order valence-electron chi connectivity index (χ2n) is 3.56.